The second-order valence-corrected chi connectivity index (χ2v) is 4.33. The molecule has 94 valence electrons. The molecule has 0 radical (unpaired) electrons. The molecule has 1 atom stereocenters. The van der Waals surface area contributed by atoms with E-state index in [1.165, 1.54) is 12.1 Å². The van der Waals surface area contributed by atoms with Crippen molar-refractivity contribution < 1.29 is 9.13 Å². The highest BCUT2D eigenvalue weighted by Gasteiger charge is 2.16. The van der Waals surface area contributed by atoms with Gasteiger partial charge in [0, 0.05) is 6.54 Å². The molecule has 3 rings (SSSR count). The van der Waals surface area contributed by atoms with Crippen LogP contribution in [-0.2, 0) is 0 Å². The zero-order chi connectivity index (χ0) is 12.4. The number of benzene rings is 1. The van der Waals surface area contributed by atoms with E-state index < -0.39 is 0 Å². The molecule has 18 heavy (non-hydrogen) atoms. The molecule has 1 aliphatic rings. The zero-order valence-electron chi connectivity index (χ0n) is 9.84. The zero-order valence-corrected chi connectivity index (χ0v) is 9.84. The Morgan fingerprint density at radius 2 is 2.17 bits per heavy atom. The normalized spacial score (nSPS) is 19.1. The van der Waals surface area contributed by atoms with Crippen LogP contribution in [0, 0.1) is 5.82 Å². The van der Waals surface area contributed by atoms with Crippen molar-refractivity contribution in [3.63, 3.8) is 0 Å². The van der Waals surface area contributed by atoms with Gasteiger partial charge in [-0.3, -0.25) is 0 Å². The van der Waals surface area contributed by atoms with Gasteiger partial charge in [-0.05, 0) is 37.2 Å². The van der Waals surface area contributed by atoms with Crippen LogP contribution < -0.4 is 10.1 Å². The molecule has 1 aliphatic heterocycles. The Morgan fingerprint density at radius 3 is 2.89 bits per heavy atom. The molecule has 1 aromatic carbocycles. The minimum atomic E-state index is -0.251. The Labute approximate surface area is 104 Å². The lowest BCUT2D eigenvalue weighted by Gasteiger charge is -2.09. The van der Waals surface area contributed by atoms with Gasteiger partial charge < -0.3 is 10.1 Å². The Bertz CT molecular complexity index is 517. The molecular formula is C13H14FN3O. The number of nitrogens with zero attached hydrogens (tertiary/aromatic N) is 2. The van der Waals surface area contributed by atoms with Crippen LogP contribution in [0.3, 0.4) is 0 Å². The van der Waals surface area contributed by atoms with Gasteiger partial charge in [-0.25, -0.2) is 9.07 Å². The van der Waals surface area contributed by atoms with Crippen molar-refractivity contribution in [3.8, 4) is 11.4 Å². The maximum atomic E-state index is 12.8. The number of hydrogen-bond donors (Lipinski definition) is 1. The van der Waals surface area contributed by atoms with Crippen LogP contribution in [0.1, 0.15) is 6.42 Å². The summed E-state index contributed by atoms with van der Waals surface area (Å²) in [6.45, 7) is 1.87. The minimum absolute atomic E-state index is 0.218. The number of hydrogen-bond acceptors (Lipinski definition) is 3. The number of aromatic nitrogens is 2. The molecule has 0 spiro atoms. The van der Waals surface area contributed by atoms with Crippen LogP contribution in [-0.4, -0.2) is 29.0 Å². The second-order valence-electron chi connectivity index (χ2n) is 4.33. The van der Waals surface area contributed by atoms with E-state index in [4.69, 9.17) is 4.74 Å². The SMILES string of the molecule is Fc1ccc(-n2cc(OC3CCNC3)cn2)cc1. The molecule has 1 fully saturated rings. The van der Waals surface area contributed by atoms with E-state index in [0.717, 1.165) is 30.9 Å². The lowest BCUT2D eigenvalue weighted by atomic mass is 10.3. The Hall–Kier alpha value is -1.88. The van der Waals surface area contributed by atoms with Crippen LogP contribution >= 0.6 is 0 Å². The molecule has 0 amide bonds. The molecule has 1 N–H and O–H groups in total. The lowest BCUT2D eigenvalue weighted by molar-refractivity contribution is 0.223. The van der Waals surface area contributed by atoms with Gasteiger partial charge in [-0.2, -0.15) is 5.10 Å². The monoisotopic (exact) mass is 247 g/mol. The molecule has 0 bridgehead atoms. The number of nitrogens with one attached hydrogen (secondary N) is 1. The van der Waals surface area contributed by atoms with Crippen molar-refractivity contribution in [3.05, 3.63) is 42.5 Å². The summed E-state index contributed by atoms with van der Waals surface area (Å²) in [6.07, 6.45) is 4.73. The highest BCUT2D eigenvalue weighted by Crippen LogP contribution is 2.17. The van der Waals surface area contributed by atoms with E-state index in [0.29, 0.717) is 0 Å². The van der Waals surface area contributed by atoms with E-state index in [2.05, 4.69) is 10.4 Å². The first-order chi connectivity index (χ1) is 8.81. The Balaban J connectivity index is 1.74. The highest BCUT2D eigenvalue weighted by molar-refractivity contribution is 5.32. The molecule has 2 aromatic rings. The standard InChI is InChI=1S/C13H14FN3O/c14-10-1-3-11(4-2-10)17-9-13(8-16-17)18-12-5-6-15-7-12/h1-4,8-9,12,15H,5-7H2. The lowest BCUT2D eigenvalue weighted by Crippen LogP contribution is -2.19. The summed E-state index contributed by atoms with van der Waals surface area (Å²) in [5.41, 5.74) is 0.816. The first-order valence-electron chi connectivity index (χ1n) is 5.99. The maximum Gasteiger partial charge on any atom is 0.158 e. The van der Waals surface area contributed by atoms with Gasteiger partial charge in [-0.1, -0.05) is 0 Å². The van der Waals surface area contributed by atoms with Crippen LogP contribution in [0.4, 0.5) is 4.39 Å². The predicted octanol–water partition coefficient (Wildman–Crippen LogP) is 1.75. The highest BCUT2D eigenvalue weighted by atomic mass is 19.1. The van der Waals surface area contributed by atoms with Gasteiger partial charge in [0.2, 0.25) is 0 Å². The minimum Gasteiger partial charge on any atom is -0.486 e. The first kappa shape index (κ1) is 11.2. The summed E-state index contributed by atoms with van der Waals surface area (Å²) in [6, 6.07) is 6.20. The smallest absolute Gasteiger partial charge is 0.158 e. The van der Waals surface area contributed by atoms with Crippen LogP contribution in [0.15, 0.2) is 36.7 Å². The quantitative estimate of drug-likeness (QED) is 0.898. The van der Waals surface area contributed by atoms with Crippen molar-refractivity contribution in [1.29, 1.82) is 0 Å². The molecule has 0 aliphatic carbocycles. The van der Waals surface area contributed by atoms with E-state index in [9.17, 15) is 4.39 Å². The van der Waals surface area contributed by atoms with E-state index in [1.807, 2.05) is 6.20 Å². The summed E-state index contributed by atoms with van der Waals surface area (Å²) < 4.78 is 20.3. The van der Waals surface area contributed by atoms with E-state index >= 15 is 0 Å². The van der Waals surface area contributed by atoms with Gasteiger partial charge in [0.05, 0.1) is 18.1 Å². The third-order valence-corrected chi connectivity index (χ3v) is 2.97. The summed E-state index contributed by atoms with van der Waals surface area (Å²) in [5.74, 6) is 0.493. The van der Waals surface area contributed by atoms with Crippen LogP contribution in [0.5, 0.6) is 5.75 Å². The van der Waals surface area contributed by atoms with Gasteiger partial charge in [0.25, 0.3) is 0 Å². The van der Waals surface area contributed by atoms with Crippen molar-refractivity contribution in [2.24, 2.45) is 0 Å². The predicted molar refractivity (Wildman–Crippen MR) is 65.4 cm³/mol. The Kier molecular flexibility index (Phi) is 2.98. The topological polar surface area (TPSA) is 39.1 Å². The molecule has 2 heterocycles. The van der Waals surface area contributed by atoms with Gasteiger partial charge in [-0.15, -0.1) is 0 Å². The van der Waals surface area contributed by atoms with Gasteiger partial charge >= 0.3 is 0 Å². The average Bonchev–Trinajstić information content (AvgIpc) is 3.02. The summed E-state index contributed by atoms with van der Waals surface area (Å²) in [7, 11) is 0. The molecule has 1 aromatic heterocycles. The first-order valence-corrected chi connectivity index (χ1v) is 5.99. The third-order valence-electron chi connectivity index (χ3n) is 2.97. The van der Waals surface area contributed by atoms with Crippen LogP contribution in [0.2, 0.25) is 0 Å². The fourth-order valence-electron chi connectivity index (χ4n) is 2.02. The van der Waals surface area contributed by atoms with E-state index in [1.54, 1.807) is 23.0 Å². The van der Waals surface area contributed by atoms with E-state index in [-0.39, 0.29) is 11.9 Å². The van der Waals surface area contributed by atoms with Crippen molar-refractivity contribution >= 4 is 0 Å². The third kappa shape index (κ3) is 2.36. The van der Waals surface area contributed by atoms with Gasteiger partial charge in [0.1, 0.15) is 11.9 Å². The summed E-state index contributed by atoms with van der Waals surface area (Å²) in [5, 5.41) is 7.45. The summed E-state index contributed by atoms with van der Waals surface area (Å²) in [4.78, 5) is 0. The Morgan fingerprint density at radius 1 is 1.33 bits per heavy atom. The van der Waals surface area contributed by atoms with Gasteiger partial charge in [0.15, 0.2) is 5.75 Å². The average molecular weight is 247 g/mol. The fourth-order valence-corrected chi connectivity index (χ4v) is 2.02. The van der Waals surface area contributed by atoms with Crippen molar-refractivity contribution in [1.82, 2.24) is 15.1 Å². The molecular weight excluding hydrogens is 233 g/mol. The number of ether oxygens (including phenoxy) is 1. The fraction of sp³-hybridized carbons (Fsp3) is 0.308. The van der Waals surface area contributed by atoms with Crippen molar-refractivity contribution in [2.45, 2.75) is 12.5 Å². The van der Waals surface area contributed by atoms with Crippen LogP contribution in [0.25, 0.3) is 5.69 Å². The molecule has 1 saturated heterocycles. The molecule has 4 nitrogen and oxygen atoms in total. The van der Waals surface area contributed by atoms with Crippen molar-refractivity contribution in [2.75, 3.05) is 13.1 Å². The molecule has 5 heteroatoms. The molecule has 1 unspecified atom stereocenters. The maximum absolute atomic E-state index is 12.8. The summed E-state index contributed by atoms with van der Waals surface area (Å²) >= 11 is 0. The largest absolute Gasteiger partial charge is 0.486 e. The number of rotatable bonds is 3. The molecule has 0 saturated carbocycles. The number of halogens is 1. The second kappa shape index (κ2) is 4.78.